The monoisotopic (exact) mass is 183 g/mol. The second-order valence-electron chi connectivity index (χ2n) is 2.68. The summed E-state index contributed by atoms with van der Waals surface area (Å²) in [5.41, 5.74) is 1.07. The van der Waals surface area contributed by atoms with E-state index in [2.05, 4.69) is 31.4 Å². The molecule has 1 atom stereocenters. The van der Waals surface area contributed by atoms with E-state index in [0.717, 1.165) is 5.71 Å². The maximum absolute atomic E-state index is 4.28. The summed E-state index contributed by atoms with van der Waals surface area (Å²) in [5.74, 6) is 0.514. The average Bonchev–Trinajstić information content (AvgIpc) is 2.06. The first-order valence-electron chi connectivity index (χ1n) is 4.23. The van der Waals surface area contributed by atoms with E-state index >= 15 is 0 Å². The van der Waals surface area contributed by atoms with Crippen molar-refractivity contribution in [2.45, 2.75) is 26.7 Å². The Bertz CT molecular complexity index is 173. The lowest BCUT2D eigenvalue weighted by Gasteiger charge is -2.08. The lowest BCUT2D eigenvalue weighted by atomic mass is 10.0. The quantitative estimate of drug-likeness (QED) is 0.450. The molecule has 0 aromatic heterocycles. The molecule has 0 rings (SSSR count). The molecule has 0 amide bonds. The molecule has 0 bridgehead atoms. The molecule has 0 aromatic carbocycles. The predicted octanol–water partition coefficient (Wildman–Crippen LogP) is 3.84. The van der Waals surface area contributed by atoms with Crippen molar-refractivity contribution >= 4 is 17.7 Å². The molecule has 0 N–H and O–H groups in total. The molecule has 0 spiro atoms. The summed E-state index contributed by atoms with van der Waals surface area (Å²) in [6, 6.07) is 0. The summed E-state index contributed by atoms with van der Waals surface area (Å²) in [4.78, 5) is 0. The van der Waals surface area contributed by atoms with Crippen molar-refractivity contribution in [2.24, 2.45) is 10.3 Å². The first kappa shape index (κ1) is 11.5. The third kappa shape index (κ3) is 4.39. The van der Waals surface area contributed by atoms with Gasteiger partial charge in [-0.05, 0) is 23.8 Å². The lowest BCUT2D eigenvalue weighted by molar-refractivity contribution is 0.670. The molecule has 0 aliphatic rings. The van der Waals surface area contributed by atoms with Gasteiger partial charge < -0.3 is 0 Å². The smallest absolute Gasteiger partial charge is 0.0513 e. The zero-order chi connectivity index (χ0) is 9.40. The number of rotatable bonds is 6. The minimum atomic E-state index is 0.514. The van der Waals surface area contributed by atoms with E-state index in [9.17, 15) is 0 Å². The summed E-state index contributed by atoms with van der Waals surface area (Å²) < 4.78 is 4.28. The van der Waals surface area contributed by atoms with Gasteiger partial charge in [-0.25, -0.2) is 4.40 Å². The first-order chi connectivity index (χ1) is 5.76. The zero-order valence-corrected chi connectivity index (χ0v) is 8.73. The van der Waals surface area contributed by atoms with Gasteiger partial charge in [-0.2, -0.15) is 0 Å². The van der Waals surface area contributed by atoms with Gasteiger partial charge in [0.1, 0.15) is 0 Å². The highest BCUT2D eigenvalue weighted by molar-refractivity contribution is 8.01. The number of hydrogen-bond acceptors (Lipinski definition) is 2. The van der Waals surface area contributed by atoms with Gasteiger partial charge in [0.05, 0.1) is 5.71 Å². The van der Waals surface area contributed by atoms with Crippen molar-refractivity contribution in [1.82, 2.24) is 0 Å². The third-order valence-electron chi connectivity index (χ3n) is 1.67. The van der Waals surface area contributed by atoms with E-state index in [1.165, 1.54) is 24.8 Å². The molecule has 1 nitrogen and oxygen atoms in total. The Morgan fingerprint density at radius 3 is 2.67 bits per heavy atom. The van der Waals surface area contributed by atoms with Crippen molar-refractivity contribution in [3.05, 3.63) is 24.6 Å². The van der Waals surface area contributed by atoms with E-state index in [0.29, 0.717) is 5.92 Å². The Balaban J connectivity index is 4.11. The highest BCUT2D eigenvalue weighted by atomic mass is 32.2. The Hall–Kier alpha value is -0.500. The molecule has 68 valence electrons. The molecular weight excluding hydrogens is 166 g/mol. The van der Waals surface area contributed by atoms with Crippen LogP contribution in [-0.4, -0.2) is 5.71 Å². The Labute approximate surface area is 79.8 Å². The maximum Gasteiger partial charge on any atom is 0.0513 e. The van der Waals surface area contributed by atoms with Gasteiger partial charge in [-0.1, -0.05) is 33.4 Å². The van der Waals surface area contributed by atoms with Crippen molar-refractivity contribution in [3.8, 4) is 0 Å². The van der Waals surface area contributed by atoms with Crippen LogP contribution < -0.4 is 0 Å². The molecule has 0 aromatic rings. The normalized spacial score (nSPS) is 14.0. The molecular formula is C10H17NS. The van der Waals surface area contributed by atoms with Crippen molar-refractivity contribution in [1.29, 1.82) is 0 Å². The summed E-state index contributed by atoms with van der Waals surface area (Å²) >= 11 is 1.38. The fourth-order valence-corrected chi connectivity index (χ4v) is 1.46. The van der Waals surface area contributed by atoms with Crippen LogP contribution in [0, 0.1) is 5.92 Å². The van der Waals surface area contributed by atoms with Crippen LogP contribution in [-0.2, 0) is 0 Å². The fourth-order valence-electron chi connectivity index (χ4n) is 1.01. The Kier molecular flexibility index (Phi) is 6.87. The van der Waals surface area contributed by atoms with E-state index in [4.69, 9.17) is 0 Å². The minimum Gasteiger partial charge on any atom is -0.216 e. The maximum atomic E-state index is 4.28. The molecule has 2 heteroatoms. The van der Waals surface area contributed by atoms with Crippen LogP contribution in [0.25, 0.3) is 0 Å². The topological polar surface area (TPSA) is 12.4 Å². The molecule has 12 heavy (non-hydrogen) atoms. The van der Waals surface area contributed by atoms with Gasteiger partial charge in [0, 0.05) is 11.9 Å². The highest BCUT2D eigenvalue weighted by Gasteiger charge is 2.04. The van der Waals surface area contributed by atoms with Gasteiger partial charge in [0.2, 0.25) is 0 Å². The molecule has 0 aliphatic heterocycles. The van der Waals surface area contributed by atoms with Crippen LogP contribution >= 0.6 is 11.9 Å². The molecule has 0 saturated heterocycles. The van der Waals surface area contributed by atoms with Gasteiger partial charge in [0.15, 0.2) is 0 Å². The largest absolute Gasteiger partial charge is 0.216 e. The third-order valence-corrected chi connectivity index (χ3v) is 2.13. The van der Waals surface area contributed by atoms with Crippen LogP contribution in [0.3, 0.4) is 0 Å². The highest BCUT2D eigenvalue weighted by Crippen LogP contribution is 2.13. The first-order valence-corrected chi connectivity index (χ1v) is 5.06. The van der Waals surface area contributed by atoms with E-state index in [1.54, 1.807) is 5.41 Å². The van der Waals surface area contributed by atoms with Crippen LogP contribution in [0.2, 0.25) is 0 Å². The number of hydrogen-bond donors (Lipinski definition) is 0. The Morgan fingerprint density at radius 2 is 2.25 bits per heavy atom. The fraction of sp³-hybridized carbons (Fsp3) is 0.500. The van der Waals surface area contributed by atoms with E-state index in [1.807, 2.05) is 6.08 Å². The molecule has 0 radical (unpaired) electrons. The van der Waals surface area contributed by atoms with Crippen molar-refractivity contribution in [3.63, 3.8) is 0 Å². The molecule has 1 unspecified atom stereocenters. The molecule has 0 fully saturated rings. The van der Waals surface area contributed by atoms with E-state index < -0.39 is 0 Å². The summed E-state index contributed by atoms with van der Waals surface area (Å²) in [6.07, 6.45) is 4.19. The second kappa shape index (κ2) is 7.17. The SMILES string of the molecule is C=CS/N=C(\C=C)C(C)CCC. The number of allylic oxidation sites excluding steroid dienone is 1. The minimum absolute atomic E-state index is 0.514. The molecule has 0 aliphatic carbocycles. The van der Waals surface area contributed by atoms with Gasteiger partial charge in [-0.15, -0.1) is 0 Å². The standard InChI is InChI=1S/C10H17NS/c1-5-8-9(4)10(6-2)11-12-7-3/h6-7,9H,2-3,5,8H2,1,4H3/b11-10+. The van der Waals surface area contributed by atoms with Crippen LogP contribution in [0.15, 0.2) is 29.0 Å². The summed E-state index contributed by atoms with van der Waals surface area (Å²) in [6.45, 7) is 11.7. The summed E-state index contributed by atoms with van der Waals surface area (Å²) in [5, 5.41) is 1.72. The van der Waals surface area contributed by atoms with Gasteiger partial charge in [-0.3, -0.25) is 0 Å². The van der Waals surface area contributed by atoms with Crippen LogP contribution in [0.1, 0.15) is 26.7 Å². The second-order valence-corrected chi connectivity index (χ2v) is 3.41. The molecule has 0 saturated carbocycles. The Morgan fingerprint density at radius 1 is 1.58 bits per heavy atom. The van der Waals surface area contributed by atoms with Crippen LogP contribution in [0.4, 0.5) is 0 Å². The zero-order valence-electron chi connectivity index (χ0n) is 7.92. The van der Waals surface area contributed by atoms with Gasteiger partial charge in [0.25, 0.3) is 0 Å². The molecule has 0 heterocycles. The average molecular weight is 183 g/mol. The van der Waals surface area contributed by atoms with Crippen molar-refractivity contribution < 1.29 is 0 Å². The van der Waals surface area contributed by atoms with Crippen LogP contribution in [0.5, 0.6) is 0 Å². The lowest BCUT2D eigenvalue weighted by Crippen LogP contribution is -2.06. The van der Waals surface area contributed by atoms with Gasteiger partial charge >= 0.3 is 0 Å². The van der Waals surface area contributed by atoms with Crippen molar-refractivity contribution in [2.75, 3.05) is 0 Å². The number of nitrogens with zero attached hydrogens (tertiary/aromatic N) is 1. The predicted molar refractivity (Wildman–Crippen MR) is 59.5 cm³/mol. The van der Waals surface area contributed by atoms with E-state index in [-0.39, 0.29) is 0 Å². The summed E-state index contributed by atoms with van der Waals surface area (Å²) in [7, 11) is 0.